The number of allylic oxidation sites excluding steroid dienone is 1. The molecule has 6 atom stereocenters. The highest BCUT2D eigenvalue weighted by atomic mass is 32.2. The van der Waals surface area contributed by atoms with Gasteiger partial charge in [-0.15, -0.1) is 0 Å². The zero-order valence-corrected chi connectivity index (χ0v) is 32.4. The number of hydrogen-bond acceptors (Lipinski definition) is 11. The summed E-state index contributed by atoms with van der Waals surface area (Å²) in [4.78, 5) is 63.7. The van der Waals surface area contributed by atoms with Crippen molar-refractivity contribution in [1.29, 1.82) is 0 Å². The van der Waals surface area contributed by atoms with Crippen molar-refractivity contribution in [2.24, 2.45) is 5.92 Å². The number of nitrogens with zero attached hydrogens (tertiary/aromatic N) is 3. The zero-order chi connectivity index (χ0) is 42.4. The molecule has 1 saturated heterocycles. The summed E-state index contributed by atoms with van der Waals surface area (Å²) in [5.74, 6) is -4.44. The van der Waals surface area contributed by atoms with E-state index in [1.165, 1.54) is 32.2 Å². The minimum atomic E-state index is -5.08. The van der Waals surface area contributed by atoms with E-state index in [1.807, 2.05) is 0 Å². The van der Waals surface area contributed by atoms with Crippen LogP contribution in [-0.2, 0) is 35.3 Å². The molecule has 6 rings (SSSR count). The van der Waals surface area contributed by atoms with Crippen molar-refractivity contribution < 1.29 is 68.1 Å². The molecule has 318 valence electrons. The number of ether oxygens (including phenoxy) is 3. The SMILES string of the molecule is COc1ccc2nc(C(F)(F)F)c(O[C@@H]3C[C@H]4C(=O)N[C@]5(C(=O)NS(=O)(=O)C6(C)CC6)C[C@H]5/C=C\CCCCC[C@H](NC(=O)O[C@H](C)C(F)(F)F)C(=O)N4C3)nc2c1. The van der Waals surface area contributed by atoms with Crippen LogP contribution in [0.15, 0.2) is 30.4 Å². The number of fused-ring (bicyclic) bond motifs is 3. The molecule has 4 aliphatic rings. The Hall–Kier alpha value is -4.89. The van der Waals surface area contributed by atoms with Gasteiger partial charge >= 0.3 is 18.4 Å². The Bertz CT molecular complexity index is 2100. The van der Waals surface area contributed by atoms with Gasteiger partial charge < -0.3 is 29.7 Å². The first-order valence-electron chi connectivity index (χ1n) is 18.6. The molecule has 0 unspecified atom stereocenters. The first-order chi connectivity index (χ1) is 27.1. The Morgan fingerprint density at radius 2 is 1.78 bits per heavy atom. The number of rotatable bonds is 8. The van der Waals surface area contributed by atoms with E-state index in [2.05, 4.69) is 30.1 Å². The van der Waals surface area contributed by atoms with Crippen LogP contribution in [0.1, 0.15) is 77.3 Å². The van der Waals surface area contributed by atoms with Gasteiger partial charge in [-0.3, -0.25) is 19.1 Å². The second kappa shape index (κ2) is 15.7. The fourth-order valence-corrected chi connectivity index (χ4v) is 8.23. The molecule has 2 saturated carbocycles. The topological polar surface area (TPSA) is 195 Å². The molecule has 58 heavy (non-hydrogen) atoms. The second-order valence-corrected chi connectivity index (χ2v) is 17.4. The van der Waals surface area contributed by atoms with E-state index in [9.17, 15) is 53.9 Å². The Morgan fingerprint density at radius 3 is 2.43 bits per heavy atom. The van der Waals surface area contributed by atoms with Crippen LogP contribution in [0.2, 0.25) is 0 Å². The summed E-state index contributed by atoms with van der Waals surface area (Å²) in [7, 11) is -2.84. The highest BCUT2D eigenvalue weighted by molar-refractivity contribution is 7.91. The van der Waals surface area contributed by atoms with Gasteiger partial charge in [0.2, 0.25) is 33.4 Å². The van der Waals surface area contributed by atoms with E-state index in [-0.39, 0.29) is 36.0 Å². The molecule has 2 aliphatic carbocycles. The molecule has 3 N–H and O–H groups in total. The largest absolute Gasteiger partial charge is 0.497 e. The fourth-order valence-electron chi connectivity index (χ4n) is 6.92. The highest BCUT2D eigenvalue weighted by Crippen LogP contribution is 2.48. The Balaban J connectivity index is 1.34. The smallest absolute Gasteiger partial charge is 0.438 e. The van der Waals surface area contributed by atoms with Gasteiger partial charge in [-0.25, -0.2) is 23.2 Å². The van der Waals surface area contributed by atoms with Crippen LogP contribution in [0.25, 0.3) is 11.0 Å². The molecule has 4 amide bonds. The predicted molar refractivity (Wildman–Crippen MR) is 190 cm³/mol. The number of nitrogens with one attached hydrogen (secondary N) is 3. The first-order valence-corrected chi connectivity index (χ1v) is 20.0. The van der Waals surface area contributed by atoms with Gasteiger partial charge in [-0.05, 0) is 64.5 Å². The standard InChI is InChI=1S/C36H42F6N6O9S/c1-19(35(37,38)39)56-32(52)45-24-10-8-6-4-5-7-9-20-17-34(20,31(51)47-58(53,54)33(2)13-14-33)46-28(49)26-16-22(18-48(26)30(24)50)57-29-27(36(40,41)42)43-23-12-11-21(55-3)15-25(23)44-29/h7,9,11-12,15,19-20,22,24,26H,4-6,8,10,13-14,16-18H2,1-3H3,(H,45,52)(H,46,49)(H,47,51)/b9-7-/t19-,20-,22-,24+,26+,34-/m1/s1. The molecule has 3 fully saturated rings. The number of halogens is 6. The monoisotopic (exact) mass is 848 g/mol. The van der Waals surface area contributed by atoms with Gasteiger partial charge in [0, 0.05) is 18.4 Å². The van der Waals surface area contributed by atoms with Gasteiger partial charge in [0.05, 0.1) is 29.4 Å². The third kappa shape index (κ3) is 9.05. The minimum Gasteiger partial charge on any atom is -0.497 e. The minimum absolute atomic E-state index is 0.0214. The lowest BCUT2D eigenvalue weighted by atomic mass is 10.0. The first kappa shape index (κ1) is 42.7. The molecule has 2 aromatic rings. The lowest BCUT2D eigenvalue weighted by Gasteiger charge is -2.30. The predicted octanol–water partition coefficient (Wildman–Crippen LogP) is 4.44. The van der Waals surface area contributed by atoms with E-state index in [4.69, 9.17) is 9.47 Å². The summed E-state index contributed by atoms with van der Waals surface area (Å²) in [6.45, 7) is 1.46. The number of alkyl carbamates (subject to hydrolysis) is 1. The molecule has 0 radical (unpaired) electrons. The number of carbonyl (C=O) groups excluding carboxylic acids is 4. The Labute approximate surface area is 328 Å². The quantitative estimate of drug-likeness (QED) is 0.251. The average molecular weight is 849 g/mol. The fraction of sp³-hybridized carbons (Fsp3) is 0.611. The Kier molecular flexibility index (Phi) is 11.6. The number of alkyl halides is 6. The van der Waals surface area contributed by atoms with Crippen LogP contribution < -0.4 is 24.8 Å². The normalized spacial score (nSPS) is 27.4. The van der Waals surface area contributed by atoms with Gasteiger partial charge in [0.15, 0.2) is 6.10 Å². The number of benzene rings is 1. The Morgan fingerprint density at radius 1 is 1.05 bits per heavy atom. The van der Waals surface area contributed by atoms with Crippen molar-refractivity contribution in [3.05, 3.63) is 36.0 Å². The van der Waals surface area contributed by atoms with Crippen LogP contribution in [-0.4, -0.2) is 102 Å². The molecule has 22 heteroatoms. The molecule has 0 bridgehead atoms. The maximum Gasteiger partial charge on any atom is 0.438 e. The number of sulfonamides is 1. The molecule has 1 aromatic carbocycles. The number of hydrogen-bond donors (Lipinski definition) is 3. The summed E-state index contributed by atoms with van der Waals surface area (Å²) in [6, 6.07) is 0.771. The molecule has 0 spiro atoms. The van der Waals surface area contributed by atoms with Crippen LogP contribution in [0.5, 0.6) is 11.6 Å². The average Bonchev–Trinajstić information content (AvgIpc) is 4.02. The summed E-state index contributed by atoms with van der Waals surface area (Å²) in [6.07, 6.45) is -10.4. The number of amides is 4. The summed E-state index contributed by atoms with van der Waals surface area (Å²) in [5.41, 5.74) is -3.50. The van der Waals surface area contributed by atoms with Crippen molar-refractivity contribution in [3.63, 3.8) is 0 Å². The van der Waals surface area contributed by atoms with Gasteiger partial charge in [0.25, 0.3) is 5.91 Å². The molecule has 2 aliphatic heterocycles. The van der Waals surface area contributed by atoms with Crippen molar-refractivity contribution in [2.75, 3.05) is 13.7 Å². The molecule has 1 aromatic heterocycles. The van der Waals surface area contributed by atoms with Gasteiger partial charge in [-0.1, -0.05) is 25.0 Å². The van der Waals surface area contributed by atoms with Crippen molar-refractivity contribution >= 4 is 44.9 Å². The van der Waals surface area contributed by atoms with Gasteiger partial charge in [0.1, 0.15) is 29.5 Å². The van der Waals surface area contributed by atoms with Crippen molar-refractivity contribution in [2.45, 2.75) is 119 Å². The number of aromatic nitrogens is 2. The second-order valence-electron chi connectivity index (χ2n) is 15.2. The maximum atomic E-state index is 14.3. The van der Waals surface area contributed by atoms with E-state index in [0.717, 1.165) is 4.90 Å². The molecule has 15 nitrogen and oxygen atoms in total. The molecular weight excluding hydrogens is 806 g/mol. The van der Waals surface area contributed by atoms with E-state index >= 15 is 0 Å². The highest BCUT2D eigenvalue weighted by Gasteiger charge is 2.63. The van der Waals surface area contributed by atoms with Gasteiger partial charge in [-0.2, -0.15) is 26.3 Å². The van der Waals surface area contributed by atoms with Crippen LogP contribution >= 0.6 is 0 Å². The number of methoxy groups -OCH3 is 1. The van der Waals surface area contributed by atoms with E-state index < -0.39 is 111 Å². The number of carbonyl (C=O) groups is 4. The summed E-state index contributed by atoms with van der Waals surface area (Å²) < 4.78 is 125. The van der Waals surface area contributed by atoms with Crippen molar-refractivity contribution in [1.82, 2.24) is 30.2 Å². The van der Waals surface area contributed by atoms with Crippen LogP contribution in [0, 0.1) is 5.92 Å². The lowest BCUT2D eigenvalue weighted by Crippen LogP contribution is -2.58. The van der Waals surface area contributed by atoms with Crippen LogP contribution in [0.3, 0.4) is 0 Å². The third-order valence-corrected chi connectivity index (χ3v) is 13.1. The van der Waals surface area contributed by atoms with Crippen molar-refractivity contribution in [3.8, 4) is 11.6 Å². The van der Waals surface area contributed by atoms with E-state index in [0.29, 0.717) is 39.0 Å². The summed E-state index contributed by atoms with van der Waals surface area (Å²) >= 11 is 0. The third-order valence-electron chi connectivity index (χ3n) is 10.9. The zero-order valence-electron chi connectivity index (χ0n) is 31.5. The van der Waals surface area contributed by atoms with E-state index in [1.54, 1.807) is 12.2 Å². The molecular formula is C36H42F6N6O9S. The maximum absolute atomic E-state index is 14.3. The lowest BCUT2D eigenvalue weighted by molar-refractivity contribution is -0.197. The van der Waals surface area contributed by atoms with Crippen LogP contribution in [0.4, 0.5) is 31.1 Å². The molecule has 3 heterocycles. The summed E-state index contributed by atoms with van der Waals surface area (Å²) in [5, 5.41) is 4.76.